The van der Waals surface area contributed by atoms with E-state index >= 15 is 0 Å². The van der Waals surface area contributed by atoms with Crippen molar-refractivity contribution in [1.82, 2.24) is 5.32 Å². The van der Waals surface area contributed by atoms with Gasteiger partial charge in [0.05, 0.1) is 12.2 Å². The van der Waals surface area contributed by atoms with E-state index in [1.165, 1.54) is 11.1 Å². The minimum atomic E-state index is -0.534. The number of nitrogens with one attached hydrogen (secondary N) is 1. The lowest BCUT2D eigenvalue weighted by Crippen LogP contribution is -2.44. The standard InChI is InChI=1S/C16H24N2O/c1-6-18-16(5,11-17)10-14(4)19-15-8-7-12(2)13(3)9-15/h7-9,14,18H,6,10H2,1-5H3. The van der Waals surface area contributed by atoms with E-state index in [2.05, 4.69) is 31.3 Å². The Balaban J connectivity index is 2.67. The van der Waals surface area contributed by atoms with Crippen molar-refractivity contribution in [3.63, 3.8) is 0 Å². The van der Waals surface area contributed by atoms with E-state index in [0.717, 1.165) is 12.3 Å². The van der Waals surface area contributed by atoms with Gasteiger partial charge in [-0.25, -0.2) is 0 Å². The van der Waals surface area contributed by atoms with Crippen LogP contribution >= 0.6 is 0 Å². The number of nitriles is 1. The molecule has 1 aromatic carbocycles. The maximum Gasteiger partial charge on any atom is 0.119 e. The maximum atomic E-state index is 9.24. The molecule has 104 valence electrons. The fourth-order valence-electron chi connectivity index (χ4n) is 2.18. The van der Waals surface area contributed by atoms with Gasteiger partial charge in [0.25, 0.3) is 0 Å². The van der Waals surface area contributed by atoms with Gasteiger partial charge in [0.15, 0.2) is 0 Å². The summed E-state index contributed by atoms with van der Waals surface area (Å²) in [7, 11) is 0. The normalized spacial score (nSPS) is 15.4. The molecule has 2 atom stereocenters. The molecule has 2 unspecified atom stereocenters. The molecule has 0 aliphatic heterocycles. The van der Waals surface area contributed by atoms with Gasteiger partial charge in [-0.3, -0.25) is 5.32 Å². The molecule has 1 rings (SSSR count). The Morgan fingerprint density at radius 1 is 1.37 bits per heavy atom. The van der Waals surface area contributed by atoms with Gasteiger partial charge in [-0.2, -0.15) is 5.26 Å². The molecule has 0 aliphatic rings. The first-order chi connectivity index (χ1) is 8.90. The molecule has 19 heavy (non-hydrogen) atoms. The quantitative estimate of drug-likeness (QED) is 0.853. The second kappa shape index (κ2) is 6.58. The molecule has 0 aliphatic carbocycles. The molecule has 0 saturated heterocycles. The lowest BCUT2D eigenvalue weighted by atomic mass is 9.96. The number of rotatable bonds is 6. The van der Waals surface area contributed by atoms with Gasteiger partial charge >= 0.3 is 0 Å². The van der Waals surface area contributed by atoms with Gasteiger partial charge in [0, 0.05) is 6.42 Å². The van der Waals surface area contributed by atoms with Gasteiger partial charge in [-0.15, -0.1) is 0 Å². The van der Waals surface area contributed by atoms with E-state index in [9.17, 15) is 5.26 Å². The van der Waals surface area contributed by atoms with E-state index in [1.807, 2.05) is 32.9 Å². The average molecular weight is 260 g/mol. The first-order valence-corrected chi connectivity index (χ1v) is 6.80. The summed E-state index contributed by atoms with van der Waals surface area (Å²) in [5, 5.41) is 12.4. The van der Waals surface area contributed by atoms with E-state index < -0.39 is 5.54 Å². The molecule has 0 bridgehead atoms. The van der Waals surface area contributed by atoms with E-state index in [4.69, 9.17) is 4.74 Å². The van der Waals surface area contributed by atoms with Crippen LogP contribution in [0.3, 0.4) is 0 Å². The van der Waals surface area contributed by atoms with Gasteiger partial charge in [0.1, 0.15) is 11.3 Å². The second-order valence-electron chi connectivity index (χ2n) is 5.35. The van der Waals surface area contributed by atoms with Crippen molar-refractivity contribution in [2.24, 2.45) is 0 Å². The highest BCUT2D eigenvalue weighted by molar-refractivity contribution is 5.33. The summed E-state index contributed by atoms with van der Waals surface area (Å²) < 4.78 is 5.90. The zero-order valence-corrected chi connectivity index (χ0v) is 12.6. The molecule has 3 heteroatoms. The summed E-state index contributed by atoms with van der Waals surface area (Å²) in [5.41, 5.74) is 1.95. The highest BCUT2D eigenvalue weighted by Crippen LogP contribution is 2.20. The van der Waals surface area contributed by atoms with Crippen LogP contribution in [-0.4, -0.2) is 18.2 Å². The molecule has 1 N–H and O–H groups in total. The third kappa shape index (κ3) is 4.57. The molecular weight excluding hydrogens is 236 g/mol. The number of nitrogens with zero attached hydrogens (tertiary/aromatic N) is 1. The second-order valence-corrected chi connectivity index (χ2v) is 5.35. The summed E-state index contributed by atoms with van der Waals surface area (Å²) in [4.78, 5) is 0. The zero-order chi connectivity index (χ0) is 14.5. The fourth-order valence-corrected chi connectivity index (χ4v) is 2.18. The van der Waals surface area contributed by atoms with Crippen molar-refractivity contribution in [1.29, 1.82) is 5.26 Å². The van der Waals surface area contributed by atoms with Gasteiger partial charge in [-0.05, 0) is 57.5 Å². The smallest absolute Gasteiger partial charge is 0.119 e. The SMILES string of the molecule is CCNC(C)(C#N)CC(C)Oc1ccc(C)c(C)c1. The Morgan fingerprint density at radius 3 is 2.58 bits per heavy atom. The van der Waals surface area contributed by atoms with Crippen LogP contribution in [0.15, 0.2) is 18.2 Å². The molecule has 3 nitrogen and oxygen atoms in total. The van der Waals surface area contributed by atoms with E-state index in [-0.39, 0.29) is 6.10 Å². The molecule has 0 radical (unpaired) electrons. The number of hydrogen-bond acceptors (Lipinski definition) is 3. The van der Waals surface area contributed by atoms with Gasteiger partial charge in [0.2, 0.25) is 0 Å². The number of hydrogen-bond donors (Lipinski definition) is 1. The predicted molar refractivity (Wildman–Crippen MR) is 78.3 cm³/mol. The fraction of sp³-hybridized carbons (Fsp3) is 0.562. The van der Waals surface area contributed by atoms with Crippen LogP contribution in [0.1, 0.15) is 38.3 Å². The Bertz CT molecular complexity index is 464. The van der Waals surface area contributed by atoms with Crippen LogP contribution in [0.2, 0.25) is 0 Å². The topological polar surface area (TPSA) is 45.0 Å². The minimum absolute atomic E-state index is 0.00851. The van der Waals surface area contributed by atoms with E-state index in [1.54, 1.807) is 0 Å². The van der Waals surface area contributed by atoms with E-state index in [0.29, 0.717) is 6.42 Å². The predicted octanol–water partition coefficient (Wildman–Crippen LogP) is 3.35. The number of ether oxygens (including phenoxy) is 1. The van der Waals surface area contributed by atoms with Crippen molar-refractivity contribution in [2.45, 2.75) is 52.7 Å². The third-order valence-electron chi connectivity index (χ3n) is 3.33. The summed E-state index contributed by atoms with van der Waals surface area (Å²) in [6, 6.07) is 8.41. The minimum Gasteiger partial charge on any atom is -0.491 e. The summed E-state index contributed by atoms with van der Waals surface area (Å²) >= 11 is 0. The summed E-state index contributed by atoms with van der Waals surface area (Å²) in [5.74, 6) is 0.868. The molecule has 0 fully saturated rings. The van der Waals surface area contributed by atoms with Crippen molar-refractivity contribution >= 4 is 0 Å². The largest absolute Gasteiger partial charge is 0.491 e. The lowest BCUT2D eigenvalue weighted by molar-refractivity contribution is 0.180. The van der Waals surface area contributed by atoms with Crippen LogP contribution in [0.4, 0.5) is 0 Å². The zero-order valence-electron chi connectivity index (χ0n) is 12.6. The van der Waals surface area contributed by atoms with Crippen molar-refractivity contribution in [3.8, 4) is 11.8 Å². The Kier molecular flexibility index (Phi) is 5.38. The van der Waals surface area contributed by atoms with Gasteiger partial charge in [-0.1, -0.05) is 13.0 Å². The number of aryl methyl sites for hydroxylation is 2. The summed E-state index contributed by atoms with van der Waals surface area (Å²) in [6.07, 6.45) is 0.648. The molecule has 0 aromatic heterocycles. The maximum absolute atomic E-state index is 9.24. The van der Waals surface area contributed by atoms with Crippen LogP contribution < -0.4 is 10.1 Å². The van der Waals surface area contributed by atoms with Crippen LogP contribution in [0.5, 0.6) is 5.75 Å². The first kappa shape index (κ1) is 15.5. The summed E-state index contributed by atoms with van der Waals surface area (Å²) in [6.45, 7) is 10.9. The van der Waals surface area contributed by atoms with Gasteiger partial charge < -0.3 is 4.74 Å². The highest BCUT2D eigenvalue weighted by atomic mass is 16.5. The Hall–Kier alpha value is -1.53. The third-order valence-corrected chi connectivity index (χ3v) is 3.33. The van der Waals surface area contributed by atoms with Crippen molar-refractivity contribution in [2.75, 3.05) is 6.54 Å². The van der Waals surface area contributed by atoms with Crippen LogP contribution in [0.25, 0.3) is 0 Å². The Morgan fingerprint density at radius 2 is 2.05 bits per heavy atom. The van der Waals surface area contributed by atoms with Crippen LogP contribution in [0, 0.1) is 25.2 Å². The van der Waals surface area contributed by atoms with Crippen molar-refractivity contribution in [3.05, 3.63) is 29.3 Å². The number of benzene rings is 1. The highest BCUT2D eigenvalue weighted by Gasteiger charge is 2.26. The first-order valence-electron chi connectivity index (χ1n) is 6.80. The van der Waals surface area contributed by atoms with Crippen molar-refractivity contribution < 1.29 is 4.74 Å². The van der Waals surface area contributed by atoms with Crippen LogP contribution in [-0.2, 0) is 0 Å². The molecule has 0 heterocycles. The molecule has 0 saturated carbocycles. The monoisotopic (exact) mass is 260 g/mol. The molecule has 0 spiro atoms. The molecular formula is C16H24N2O. The Labute approximate surface area is 116 Å². The average Bonchev–Trinajstić information content (AvgIpc) is 2.34. The molecule has 0 amide bonds. The molecule has 1 aromatic rings. The lowest BCUT2D eigenvalue weighted by Gasteiger charge is -2.26.